The maximum atomic E-state index is 11.4. The summed E-state index contributed by atoms with van der Waals surface area (Å²) in [6, 6.07) is 18.6. The molecule has 13 heteroatoms. The summed E-state index contributed by atoms with van der Waals surface area (Å²) in [6.45, 7) is 1.13. The molecule has 6 rings (SSSR count). The lowest BCUT2D eigenvalue weighted by Crippen LogP contribution is -2.52. The summed E-state index contributed by atoms with van der Waals surface area (Å²) in [5, 5.41) is 23.8. The minimum atomic E-state index is -1.67. The number of aliphatic hydroxyl groups is 1. The van der Waals surface area contributed by atoms with E-state index >= 15 is 0 Å². The van der Waals surface area contributed by atoms with E-state index in [1.807, 2.05) is 64.1 Å². The van der Waals surface area contributed by atoms with Crippen LogP contribution in [0.25, 0.3) is 28.2 Å². The van der Waals surface area contributed by atoms with Gasteiger partial charge >= 0.3 is 0 Å². The normalized spacial score (nSPS) is 15.8. The molecule has 202 valence electrons. The number of nitrogens with zero attached hydrogens (tertiary/aromatic N) is 8. The van der Waals surface area contributed by atoms with Gasteiger partial charge in [0.1, 0.15) is 35.7 Å². The second-order valence-corrected chi connectivity index (χ2v) is 10.6. The number of nitriles is 1. The first kappa shape index (κ1) is 26.8. The van der Waals surface area contributed by atoms with E-state index in [0.29, 0.717) is 57.4 Å². The first-order valence-corrected chi connectivity index (χ1v) is 13.8. The lowest BCUT2D eigenvalue weighted by Gasteiger charge is -2.42. The molecule has 1 unspecified atom stereocenters. The monoisotopic (exact) mass is 606 g/mol. The molecule has 1 atom stereocenters. The number of rotatable bonds is 6. The molecule has 1 aliphatic rings. The van der Waals surface area contributed by atoms with Crippen LogP contribution in [-0.4, -0.2) is 66.5 Å². The summed E-state index contributed by atoms with van der Waals surface area (Å²) in [4.78, 5) is 23.6. The maximum Gasteiger partial charge on any atom is 0.234 e. The SMILES string of the molecule is [B]C(O)(c1ccc(-n2c(-c3cccnc3N)nc3ccc(Br)nc32)cc1)N1CCC(Nc2ccnc(C#N)n2)CC1. The van der Waals surface area contributed by atoms with Gasteiger partial charge in [-0.05, 0) is 76.8 Å². The summed E-state index contributed by atoms with van der Waals surface area (Å²) >= 11 is 3.46. The number of nitrogens with two attached hydrogens (primary N) is 1. The number of piperidine rings is 1. The van der Waals surface area contributed by atoms with Crippen LogP contribution in [0.2, 0.25) is 0 Å². The summed E-state index contributed by atoms with van der Waals surface area (Å²) in [6.07, 6.45) is 4.67. The number of hydrogen-bond donors (Lipinski definition) is 3. The van der Waals surface area contributed by atoms with Crippen LogP contribution in [0.1, 0.15) is 24.2 Å². The van der Waals surface area contributed by atoms with Crippen molar-refractivity contribution in [2.45, 2.75) is 24.5 Å². The maximum absolute atomic E-state index is 11.4. The third kappa shape index (κ3) is 5.25. The van der Waals surface area contributed by atoms with E-state index in [1.54, 1.807) is 18.5 Å². The van der Waals surface area contributed by atoms with Crippen LogP contribution in [0.3, 0.4) is 0 Å². The van der Waals surface area contributed by atoms with E-state index in [2.05, 4.69) is 41.2 Å². The molecule has 0 spiro atoms. The average Bonchev–Trinajstić information content (AvgIpc) is 3.36. The Morgan fingerprint density at radius 2 is 1.80 bits per heavy atom. The van der Waals surface area contributed by atoms with E-state index in [4.69, 9.17) is 23.8 Å². The third-order valence-corrected chi connectivity index (χ3v) is 7.63. The van der Waals surface area contributed by atoms with Crippen LogP contribution in [0.4, 0.5) is 11.6 Å². The second-order valence-electron chi connectivity index (χ2n) is 9.74. The highest BCUT2D eigenvalue weighted by Gasteiger charge is 2.33. The Morgan fingerprint density at radius 3 is 2.54 bits per heavy atom. The van der Waals surface area contributed by atoms with Crippen molar-refractivity contribution in [3.8, 4) is 23.1 Å². The Kier molecular flexibility index (Phi) is 7.13. The molecule has 4 aromatic heterocycles. The highest BCUT2D eigenvalue weighted by atomic mass is 79.9. The Balaban J connectivity index is 1.24. The predicted octanol–water partition coefficient (Wildman–Crippen LogP) is 3.34. The molecule has 2 radical (unpaired) electrons. The lowest BCUT2D eigenvalue weighted by molar-refractivity contribution is -0.0537. The molecule has 0 saturated carbocycles. The molecular formula is C28H24BBrN10O. The number of aromatic nitrogens is 6. The number of hydrogen-bond acceptors (Lipinski definition) is 10. The van der Waals surface area contributed by atoms with Crippen molar-refractivity contribution < 1.29 is 5.11 Å². The van der Waals surface area contributed by atoms with Crippen LogP contribution in [0.5, 0.6) is 0 Å². The van der Waals surface area contributed by atoms with Gasteiger partial charge in [0.15, 0.2) is 11.5 Å². The van der Waals surface area contributed by atoms with Crippen LogP contribution >= 0.6 is 15.9 Å². The Morgan fingerprint density at radius 1 is 1.02 bits per heavy atom. The van der Waals surface area contributed by atoms with Gasteiger partial charge in [0.05, 0.1) is 11.2 Å². The quantitative estimate of drug-likeness (QED) is 0.194. The van der Waals surface area contributed by atoms with Gasteiger partial charge in [-0.15, -0.1) is 0 Å². The molecule has 0 aliphatic carbocycles. The molecule has 0 bridgehead atoms. The van der Waals surface area contributed by atoms with Crippen molar-refractivity contribution in [2.24, 2.45) is 0 Å². The predicted molar refractivity (Wildman–Crippen MR) is 159 cm³/mol. The summed E-state index contributed by atoms with van der Waals surface area (Å²) in [5.41, 5.74) is 7.91. The molecule has 5 heterocycles. The van der Waals surface area contributed by atoms with Crippen molar-refractivity contribution in [2.75, 3.05) is 24.1 Å². The van der Waals surface area contributed by atoms with Crippen molar-refractivity contribution >= 4 is 46.6 Å². The fourth-order valence-electron chi connectivity index (χ4n) is 5.07. The zero-order chi connectivity index (χ0) is 28.6. The van der Waals surface area contributed by atoms with Crippen molar-refractivity contribution in [1.82, 2.24) is 34.4 Å². The van der Waals surface area contributed by atoms with Gasteiger partial charge in [0, 0.05) is 37.2 Å². The first-order chi connectivity index (χ1) is 19.8. The molecule has 1 fully saturated rings. The van der Waals surface area contributed by atoms with E-state index in [-0.39, 0.29) is 11.9 Å². The molecule has 1 saturated heterocycles. The topological polar surface area (TPSA) is 155 Å². The number of imidazole rings is 1. The third-order valence-electron chi connectivity index (χ3n) is 7.18. The fourth-order valence-corrected chi connectivity index (χ4v) is 5.37. The average molecular weight is 607 g/mol. The van der Waals surface area contributed by atoms with Crippen molar-refractivity contribution in [3.05, 3.63) is 83.0 Å². The number of halogens is 1. The van der Waals surface area contributed by atoms with E-state index in [0.717, 1.165) is 18.5 Å². The number of nitrogen functional groups attached to an aromatic ring is 1. The highest BCUT2D eigenvalue weighted by molar-refractivity contribution is 9.10. The molecule has 1 aromatic carbocycles. The van der Waals surface area contributed by atoms with Crippen LogP contribution < -0.4 is 11.1 Å². The molecule has 4 N–H and O–H groups in total. The molecule has 41 heavy (non-hydrogen) atoms. The van der Waals surface area contributed by atoms with Gasteiger partial charge in [0.2, 0.25) is 5.82 Å². The van der Waals surface area contributed by atoms with Gasteiger partial charge in [-0.25, -0.2) is 24.9 Å². The van der Waals surface area contributed by atoms with Crippen molar-refractivity contribution in [1.29, 1.82) is 5.26 Å². The number of fused-ring (bicyclic) bond motifs is 1. The Hall–Kier alpha value is -4.38. The summed E-state index contributed by atoms with van der Waals surface area (Å²) < 4.78 is 2.59. The molecule has 0 amide bonds. The fraction of sp³-hybridized carbons (Fsp3) is 0.214. The van der Waals surface area contributed by atoms with E-state index in [1.165, 1.54) is 0 Å². The van der Waals surface area contributed by atoms with Crippen LogP contribution in [-0.2, 0) is 5.62 Å². The number of anilines is 2. The van der Waals surface area contributed by atoms with Gasteiger partial charge in [0.25, 0.3) is 0 Å². The first-order valence-electron chi connectivity index (χ1n) is 13.0. The molecule has 5 aromatic rings. The smallest absolute Gasteiger partial charge is 0.234 e. The zero-order valence-electron chi connectivity index (χ0n) is 21.8. The number of pyridine rings is 2. The van der Waals surface area contributed by atoms with E-state index in [9.17, 15) is 5.11 Å². The van der Waals surface area contributed by atoms with Crippen molar-refractivity contribution in [3.63, 3.8) is 0 Å². The molecule has 1 aliphatic heterocycles. The number of benzene rings is 1. The standard InChI is InChI=1S/C28H24BBrN10O/c29-28(41,39-14-10-18(11-15-39)35-23-9-13-33-24(16-31)38-23)17-3-5-19(6-4-17)40-26(20-2-1-12-34-25(20)32)36-21-7-8-22(30)37-27(21)40/h1-9,12-13,18,41H,10-11,14-15H2,(H2,32,34)(H,33,35,38). The second kappa shape index (κ2) is 10.9. The summed E-state index contributed by atoms with van der Waals surface area (Å²) in [7, 11) is 6.51. The Labute approximate surface area is 245 Å². The van der Waals surface area contributed by atoms with Gasteiger partial charge < -0.3 is 16.2 Å². The molecule has 11 nitrogen and oxygen atoms in total. The van der Waals surface area contributed by atoms with Gasteiger partial charge in [-0.3, -0.25) is 9.47 Å². The number of likely N-dealkylation sites (tertiary alicyclic amines) is 1. The minimum Gasteiger partial charge on any atom is -0.383 e. The Bertz CT molecular complexity index is 1760. The minimum absolute atomic E-state index is 0.121. The van der Waals surface area contributed by atoms with E-state index < -0.39 is 5.62 Å². The van der Waals surface area contributed by atoms with Crippen LogP contribution in [0.15, 0.2) is 71.6 Å². The number of nitrogens with one attached hydrogen (secondary N) is 1. The zero-order valence-corrected chi connectivity index (χ0v) is 23.4. The van der Waals surface area contributed by atoms with Gasteiger partial charge in [-0.2, -0.15) is 5.26 Å². The van der Waals surface area contributed by atoms with Gasteiger partial charge in [-0.1, -0.05) is 12.1 Å². The largest absolute Gasteiger partial charge is 0.383 e. The highest BCUT2D eigenvalue weighted by Crippen LogP contribution is 2.33. The summed E-state index contributed by atoms with van der Waals surface area (Å²) in [5.74, 6) is 1.69. The lowest BCUT2D eigenvalue weighted by atomic mass is 9.80. The molecular weight excluding hydrogens is 583 g/mol. The van der Waals surface area contributed by atoms with Crippen LogP contribution in [0, 0.1) is 11.3 Å².